The molecule has 1 rings (SSSR count). The Balaban J connectivity index is 2.57. The van der Waals surface area contributed by atoms with Gasteiger partial charge in [-0.3, -0.25) is 0 Å². The van der Waals surface area contributed by atoms with Crippen molar-refractivity contribution in [2.75, 3.05) is 12.4 Å². The summed E-state index contributed by atoms with van der Waals surface area (Å²) in [7, 11) is -3.05. The number of alkyl halides is 1. The third-order valence-corrected chi connectivity index (χ3v) is 4.92. The van der Waals surface area contributed by atoms with Crippen LogP contribution in [0.5, 0.6) is 5.75 Å². The predicted molar refractivity (Wildman–Crippen MR) is 70.4 cm³/mol. The minimum Gasteiger partial charge on any atom is -0.492 e. The van der Waals surface area contributed by atoms with Gasteiger partial charge in [0.05, 0.1) is 16.9 Å². The molecule has 0 saturated carbocycles. The number of benzene rings is 1. The fourth-order valence-electron chi connectivity index (χ4n) is 1.26. The molecule has 1 aromatic carbocycles. The molecule has 0 heterocycles. The van der Waals surface area contributed by atoms with Crippen molar-refractivity contribution in [1.82, 2.24) is 0 Å². The Kier molecular flexibility index (Phi) is 5.28. The molecule has 96 valence electrons. The zero-order valence-corrected chi connectivity index (χ0v) is 11.6. The molecule has 0 aliphatic heterocycles. The van der Waals surface area contributed by atoms with Crippen molar-refractivity contribution in [3.63, 3.8) is 0 Å². The Morgan fingerprint density at radius 3 is 2.53 bits per heavy atom. The largest absolute Gasteiger partial charge is 0.492 e. The maximum absolute atomic E-state index is 11.6. The first-order chi connectivity index (χ1) is 7.97. The van der Waals surface area contributed by atoms with Crippen LogP contribution in [0.3, 0.4) is 0 Å². The highest BCUT2D eigenvalue weighted by Crippen LogP contribution is 2.19. The summed E-state index contributed by atoms with van der Waals surface area (Å²) in [6.07, 6.45) is 0. The number of sulfone groups is 1. The minimum atomic E-state index is -3.05. The van der Waals surface area contributed by atoms with Gasteiger partial charge in [-0.15, -0.1) is 11.6 Å². The zero-order valence-electron chi connectivity index (χ0n) is 10.0. The van der Waals surface area contributed by atoms with Crippen LogP contribution >= 0.6 is 11.6 Å². The Morgan fingerprint density at radius 2 is 1.94 bits per heavy atom. The van der Waals surface area contributed by atoms with Gasteiger partial charge in [0, 0.05) is 5.56 Å². The van der Waals surface area contributed by atoms with E-state index in [0.29, 0.717) is 11.6 Å². The quantitative estimate of drug-likeness (QED) is 0.750. The molecule has 0 bridgehead atoms. The molecule has 0 aliphatic rings. The molecule has 0 unspecified atom stereocenters. The lowest BCUT2D eigenvalue weighted by atomic mass is 10.2. The number of rotatable bonds is 6. The number of halogens is 1. The lowest BCUT2D eigenvalue weighted by Gasteiger charge is -2.11. The normalized spacial score (nSPS) is 11.8. The molecule has 3 nitrogen and oxygen atoms in total. The van der Waals surface area contributed by atoms with Crippen LogP contribution in [0.4, 0.5) is 0 Å². The first kappa shape index (κ1) is 14.3. The van der Waals surface area contributed by atoms with Crippen LogP contribution < -0.4 is 4.74 Å². The molecule has 5 heteroatoms. The van der Waals surface area contributed by atoms with Gasteiger partial charge in [-0.25, -0.2) is 8.42 Å². The summed E-state index contributed by atoms with van der Waals surface area (Å²) < 4.78 is 28.6. The van der Waals surface area contributed by atoms with Gasteiger partial charge in [-0.05, 0) is 19.9 Å². The smallest absolute Gasteiger partial charge is 0.155 e. The lowest BCUT2D eigenvalue weighted by molar-refractivity contribution is 0.338. The van der Waals surface area contributed by atoms with Crippen molar-refractivity contribution in [2.45, 2.75) is 25.0 Å². The van der Waals surface area contributed by atoms with Crippen LogP contribution in [-0.2, 0) is 15.7 Å². The van der Waals surface area contributed by atoms with Gasteiger partial charge < -0.3 is 4.74 Å². The molecule has 0 saturated heterocycles. The molecule has 0 amide bonds. The second-order valence-corrected chi connectivity index (χ2v) is 6.95. The van der Waals surface area contributed by atoms with Gasteiger partial charge in [0.2, 0.25) is 0 Å². The predicted octanol–water partition coefficient (Wildman–Crippen LogP) is 2.63. The van der Waals surface area contributed by atoms with Crippen molar-refractivity contribution in [3.8, 4) is 5.75 Å². The fourth-order valence-corrected chi connectivity index (χ4v) is 2.27. The summed E-state index contributed by atoms with van der Waals surface area (Å²) in [5, 5.41) is -0.366. The Bertz CT molecular complexity index is 455. The number of ether oxygens (including phenoxy) is 1. The second-order valence-electron chi connectivity index (χ2n) is 4.01. The molecule has 0 aliphatic carbocycles. The van der Waals surface area contributed by atoms with E-state index in [0.717, 1.165) is 5.56 Å². The van der Waals surface area contributed by atoms with Crippen LogP contribution in [0.1, 0.15) is 19.4 Å². The van der Waals surface area contributed by atoms with Crippen molar-refractivity contribution < 1.29 is 13.2 Å². The van der Waals surface area contributed by atoms with Crippen LogP contribution in [0.2, 0.25) is 0 Å². The summed E-state index contributed by atoms with van der Waals surface area (Å²) in [4.78, 5) is 0. The highest BCUT2D eigenvalue weighted by atomic mass is 35.5. The number of hydrogen-bond acceptors (Lipinski definition) is 3. The number of hydrogen-bond donors (Lipinski definition) is 0. The third kappa shape index (κ3) is 4.21. The summed E-state index contributed by atoms with van der Waals surface area (Å²) in [6.45, 7) is 3.50. The van der Waals surface area contributed by atoms with E-state index >= 15 is 0 Å². The summed E-state index contributed by atoms with van der Waals surface area (Å²) in [5.74, 6) is 1.04. The average Bonchev–Trinajstić information content (AvgIpc) is 2.29. The highest BCUT2D eigenvalue weighted by molar-refractivity contribution is 7.91. The summed E-state index contributed by atoms with van der Waals surface area (Å²) >= 11 is 5.75. The van der Waals surface area contributed by atoms with Crippen molar-refractivity contribution in [2.24, 2.45) is 0 Å². The van der Waals surface area contributed by atoms with E-state index in [-0.39, 0.29) is 17.6 Å². The molecular formula is C12H17ClO3S. The van der Waals surface area contributed by atoms with E-state index in [2.05, 4.69) is 0 Å². The second kappa shape index (κ2) is 6.26. The monoisotopic (exact) mass is 276 g/mol. The van der Waals surface area contributed by atoms with Gasteiger partial charge in [-0.1, -0.05) is 18.2 Å². The maximum atomic E-state index is 11.6. The Labute approximate surface area is 108 Å². The van der Waals surface area contributed by atoms with Gasteiger partial charge >= 0.3 is 0 Å². The van der Waals surface area contributed by atoms with Gasteiger partial charge in [-0.2, -0.15) is 0 Å². The van der Waals surface area contributed by atoms with E-state index in [1.165, 1.54) is 0 Å². The molecule has 17 heavy (non-hydrogen) atoms. The van der Waals surface area contributed by atoms with E-state index in [4.69, 9.17) is 16.3 Å². The Morgan fingerprint density at radius 1 is 1.29 bits per heavy atom. The summed E-state index contributed by atoms with van der Waals surface area (Å²) in [5.41, 5.74) is 0.871. The SMILES string of the molecule is CC(C)S(=O)(=O)CCOc1ccccc1CCl. The summed E-state index contributed by atoms with van der Waals surface area (Å²) in [6, 6.07) is 7.36. The molecule has 0 N–H and O–H groups in total. The van der Waals surface area contributed by atoms with Crippen LogP contribution in [0, 0.1) is 0 Å². The topological polar surface area (TPSA) is 43.4 Å². The molecule has 0 spiro atoms. The molecule has 1 aromatic rings. The van der Waals surface area contributed by atoms with Crippen molar-refractivity contribution in [1.29, 1.82) is 0 Å². The van der Waals surface area contributed by atoms with Crippen LogP contribution in [0.25, 0.3) is 0 Å². The van der Waals surface area contributed by atoms with Crippen molar-refractivity contribution >= 4 is 21.4 Å². The zero-order chi connectivity index (χ0) is 12.9. The van der Waals surface area contributed by atoms with E-state index < -0.39 is 9.84 Å². The molecule has 0 radical (unpaired) electrons. The minimum absolute atomic E-state index is 0.0291. The van der Waals surface area contributed by atoms with E-state index in [1.807, 2.05) is 18.2 Å². The van der Waals surface area contributed by atoms with Crippen LogP contribution in [-0.4, -0.2) is 26.0 Å². The van der Waals surface area contributed by atoms with Gasteiger partial charge in [0.1, 0.15) is 12.4 Å². The van der Waals surface area contributed by atoms with E-state index in [1.54, 1.807) is 19.9 Å². The first-order valence-corrected chi connectivity index (χ1v) is 7.70. The lowest BCUT2D eigenvalue weighted by Crippen LogP contribution is -2.22. The van der Waals surface area contributed by atoms with Gasteiger partial charge in [0.25, 0.3) is 0 Å². The fraction of sp³-hybridized carbons (Fsp3) is 0.500. The van der Waals surface area contributed by atoms with Crippen LogP contribution in [0.15, 0.2) is 24.3 Å². The Hall–Kier alpha value is -0.740. The third-order valence-electron chi connectivity index (χ3n) is 2.46. The highest BCUT2D eigenvalue weighted by Gasteiger charge is 2.16. The molecular weight excluding hydrogens is 260 g/mol. The van der Waals surface area contributed by atoms with E-state index in [9.17, 15) is 8.42 Å². The van der Waals surface area contributed by atoms with Gasteiger partial charge in [0.15, 0.2) is 9.84 Å². The van der Waals surface area contributed by atoms with Crippen molar-refractivity contribution in [3.05, 3.63) is 29.8 Å². The standard InChI is InChI=1S/C12H17ClO3S/c1-10(2)17(14,15)8-7-16-12-6-4-3-5-11(12)9-13/h3-6,10H,7-9H2,1-2H3. The first-order valence-electron chi connectivity index (χ1n) is 5.45. The maximum Gasteiger partial charge on any atom is 0.155 e. The molecule has 0 aromatic heterocycles. The number of para-hydroxylation sites is 1. The molecule has 0 fully saturated rings. The molecule has 0 atom stereocenters. The average molecular weight is 277 g/mol.